The van der Waals surface area contributed by atoms with Crippen LogP contribution in [0.4, 0.5) is 0 Å². The number of primary amides is 1. The molecule has 0 saturated heterocycles. The molecule has 2 amide bonds. The number of hydrogen-bond acceptors (Lipinski definition) is 2. The minimum absolute atomic E-state index is 0. The molecule has 3 aromatic rings. The average molecular weight is 428 g/mol. The first-order chi connectivity index (χ1) is 12.5. The van der Waals surface area contributed by atoms with E-state index in [-0.39, 0.29) is 22.9 Å². The zero-order valence-electron chi connectivity index (χ0n) is 15.3. The van der Waals surface area contributed by atoms with Crippen molar-refractivity contribution < 1.29 is 31.1 Å². The van der Waals surface area contributed by atoms with E-state index in [1.54, 1.807) is 14.0 Å². The maximum absolute atomic E-state index is 12.8. The zero-order valence-corrected chi connectivity index (χ0v) is 16.9. The normalized spacial score (nSPS) is 11.5. The Labute approximate surface area is 169 Å². The van der Waals surface area contributed by atoms with Crippen LogP contribution in [0.5, 0.6) is 0 Å². The fourth-order valence-corrected chi connectivity index (χ4v) is 2.91. The number of carbonyl (C=O) groups excluding carboxylic acids is 2. The summed E-state index contributed by atoms with van der Waals surface area (Å²) < 4.78 is 2.06. The van der Waals surface area contributed by atoms with Crippen molar-refractivity contribution in [2.45, 2.75) is 19.5 Å². The van der Waals surface area contributed by atoms with E-state index in [4.69, 9.17) is 5.73 Å². The van der Waals surface area contributed by atoms with Crippen LogP contribution in [-0.2, 0) is 11.3 Å². The van der Waals surface area contributed by atoms with Crippen molar-refractivity contribution in [1.29, 1.82) is 0 Å². The number of para-hydroxylation sites is 1. The fourth-order valence-electron chi connectivity index (χ4n) is 2.91. The van der Waals surface area contributed by atoms with Gasteiger partial charge in [-0.1, -0.05) is 42.5 Å². The Balaban J connectivity index is 0.00000261. The lowest BCUT2D eigenvalue weighted by Crippen LogP contribution is -3.00. The van der Waals surface area contributed by atoms with Crippen LogP contribution in [0.1, 0.15) is 22.8 Å². The van der Waals surface area contributed by atoms with Gasteiger partial charge in [0.15, 0.2) is 12.7 Å². The molecule has 0 aliphatic heterocycles. The highest BCUT2D eigenvalue weighted by Gasteiger charge is 2.24. The van der Waals surface area contributed by atoms with Gasteiger partial charge < -0.3 is 27.6 Å². The largest absolute Gasteiger partial charge is 1.00 e. The lowest BCUT2D eigenvalue weighted by Gasteiger charge is -2.22. The average Bonchev–Trinajstić information content (AvgIpc) is 2.66. The van der Waals surface area contributed by atoms with Gasteiger partial charge in [0.2, 0.25) is 11.4 Å². The Morgan fingerprint density at radius 2 is 1.70 bits per heavy atom. The minimum atomic E-state index is -0.670. The monoisotopic (exact) mass is 427 g/mol. The second-order valence-electron chi connectivity index (χ2n) is 6.40. The molecule has 1 aromatic heterocycles. The smallest absolute Gasteiger partial charge is 0.260 e. The number of halogens is 1. The van der Waals surface area contributed by atoms with Gasteiger partial charge >= 0.3 is 0 Å². The number of carbonyl (C=O) groups is 2. The molecule has 2 aromatic carbocycles. The molecule has 2 N–H and O–H groups in total. The predicted octanol–water partition coefficient (Wildman–Crippen LogP) is -0.875. The number of likely N-dealkylation sites (N-methyl/N-ethyl adjacent to an activating group) is 1. The van der Waals surface area contributed by atoms with E-state index in [0.29, 0.717) is 12.1 Å². The SMILES string of the molecule is CC(C(N)=O)N(C)C(=O)c1cc2ccccc2[n+](Cc2ccccc2)c1.[Br-]. The highest BCUT2D eigenvalue weighted by atomic mass is 79.9. The lowest BCUT2D eigenvalue weighted by molar-refractivity contribution is -0.662. The van der Waals surface area contributed by atoms with Gasteiger partial charge in [0.1, 0.15) is 11.6 Å². The van der Waals surface area contributed by atoms with E-state index in [1.165, 1.54) is 4.90 Å². The highest BCUT2D eigenvalue weighted by molar-refractivity contribution is 5.98. The molecule has 1 unspecified atom stereocenters. The van der Waals surface area contributed by atoms with E-state index >= 15 is 0 Å². The number of nitrogens with zero attached hydrogens (tertiary/aromatic N) is 2. The maximum Gasteiger partial charge on any atom is 0.260 e. The summed E-state index contributed by atoms with van der Waals surface area (Å²) in [6.45, 7) is 2.27. The summed E-state index contributed by atoms with van der Waals surface area (Å²) in [5.41, 5.74) is 8.05. The maximum atomic E-state index is 12.8. The van der Waals surface area contributed by atoms with Crippen molar-refractivity contribution in [3.63, 3.8) is 0 Å². The number of hydrogen-bond donors (Lipinski definition) is 1. The van der Waals surface area contributed by atoms with Crippen LogP contribution in [0, 0.1) is 0 Å². The van der Waals surface area contributed by atoms with Crippen molar-refractivity contribution in [3.05, 3.63) is 78.0 Å². The third kappa shape index (κ3) is 4.52. The second-order valence-corrected chi connectivity index (χ2v) is 6.40. The predicted molar refractivity (Wildman–Crippen MR) is 100 cm³/mol. The Bertz CT molecular complexity index is 960. The van der Waals surface area contributed by atoms with Crippen LogP contribution in [0.3, 0.4) is 0 Å². The first-order valence-corrected chi connectivity index (χ1v) is 8.50. The van der Waals surface area contributed by atoms with Crippen LogP contribution < -0.4 is 27.3 Å². The molecular weight excluding hydrogens is 406 g/mol. The van der Waals surface area contributed by atoms with Gasteiger partial charge in [-0.2, -0.15) is 4.57 Å². The fraction of sp³-hybridized carbons (Fsp3) is 0.190. The Kier molecular flexibility index (Phi) is 6.69. The van der Waals surface area contributed by atoms with Crippen molar-refractivity contribution in [3.8, 4) is 0 Å². The van der Waals surface area contributed by atoms with Crippen LogP contribution >= 0.6 is 0 Å². The molecule has 0 bridgehead atoms. The number of fused-ring (bicyclic) bond motifs is 1. The van der Waals surface area contributed by atoms with Gasteiger partial charge in [0, 0.05) is 24.1 Å². The summed E-state index contributed by atoms with van der Waals surface area (Å²) in [6, 6.07) is 19.2. The van der Waals surface area contributed by atoms with Crippen LogP contribution in [0.2, 0.25) is 0 Å². The molecule has 1 atom stereocenters. The molecule has 0 radical (unpaired) electrons. The van der Waals surface area contributed by atoms with Gasteiger partial charge in [0.05, 0.1) is 0 Å². The molecule has 140 valence electrons. The van der Waals surface area contributed by atoms with Gasteiger partial charge in [-0.3, -0.25) is 9.59 Å². The molecule has 0 saturated carbocycles. The van der Waals surface area contributed by atoms with Crippen molar-refractivity contribution >= 4 is 22.7 Å². The molecule has 27 heavy (non-hydrogen) atoms. The summed E-state index contributed by atoms with van der Waals surface area (Å²) in [5, 5.41) is 0.967. The molecule has 5 nitrogen and oxygen atoms in total. The van der Waals surface area contributed by atoms with Gasteiger partial charge in [0.25, 0.3) is 5.91 Å². The second kappa shape index (κ2) is 8.77. The van der Waals surface area contributed by atoms with Crippen LogP contribution in [0.15, 0.2) is 66.9 Å². The highest BCUT2D eigenvalue weighted by Crippen LogP contribution is 2.15. The molecule has 1 heterocycles. The van der Waals surface area contributed by atoms with E-state index in [1.807, 2.05) is 54.7 Å². The molecule has 0 aliphatic carbocycles. The molecule has 6 heteroatoms. The summed E-state index contributed by atoms with van der Waals surface area (Å²) in [7, 11) is 1.59. The van der Waals surface area contributed by atoms with Crippen molar-refractivity contribution in [1.82, 2.24) is 4.90 Å². The molecule has 0 fully saturated rings. The van der Waals surface area contributed by atoms with Gasteiger partial charge in [-0.15, -0.1) is 0 Å². The van der Waals surface area contributed by atoms with E-state index < -0.39 is 11.9 Å². The van der Waals surface area contributed by atoms with Crippen molar-refractivity contribution in [2.24, 2.45) is 5.73 Å². The summed E-state index contributed by atoms with van der Waals surface area (Å²) >= 11 is 0. The number of rotatable bonds is 5. The van der Waals surface area contributed by atoms with E-state index in [2.05, 4.69) is 16.7 Å². The van der Waals surface area contributed by atoms with Gasteiger partial charge in [-0.25, -0.2) is 0 Å². The number of pyridine rings is 1. The minimum Gasteiger partial charge on any atom is -1.00 e. The molecular formula is C21H22BrN3O2. The standard InChI is InChI=1S/C21H21N3O2.BrH/c1-15(20(22)25)23(2)21(26)18-12-17-10-6-7-11-19(17)24(14-18)13-16-8-4-3-5-9-16;/h3-12,14-15H,13H2,1-2H3,(H-,22,25);1H. The lowest BCUT2D eigenvalue weighted by atomic mass is 10.1. The quantitative estimate of drug-likeness (QED) is 0.537. The number of benzene rings is 2. The summed E-state index contributed by atoms with van der Waals surface area (Å²) in [4.78, 5) is 25.6. The summed E-state index contributed by atoms with van der Waals surface area (Å²) in [5.74, 6) is -0.761. The van der Waals surface area contributed by atoms with Crippen LogP contribution in [0.25, 0.3) is 10.9 Å². The first-order valence-electron chi connectivity index (χ1n) is 8.50. The Hall–Kier alpha value is -2.73. The van der Waals surface area contributed by atoms with E-state index in [0.717, 1.165) is 16.5 Å². The number of amides is 2. The number of aromatic nitrogens is 1. The Morgan fingerprint density at radius 3 is 2.37 bits per heavy atom. The Morgan fingerprint density at radius 1 is 1.07 bits per heavy atom. The number of nitrogens with two attached hydrogens (primary N) is 1. The topological polar surface area (TPSA) is 67.3 Å². The van der Waals surface area contributed by atoms with Gasteiger partial charge in [-0.05, 0) is 19.1 Å². The third-order valence-corrected chi connectivity index (χ3v) is 4.61. The molecule has 0 aliphatic rings. The first kappa shape index (κ1) is 20.6. The summed E-state index contributed by atoms with van der Waals surface area (Å²) in [6.07, 6.45) is 1.84. The third-order valence-electron chi connectivity index (χ3n) is 4.61. The molecule has 0 spiro atoms. The zero-order chi connectivity index (χ0) is 18.7. The molecule has 3 rings (SSSR count). The van der Waals surface area contributed by atoms with E-state index in [9.17, 15) is 9.59 Å². The van der Waals surface area contributed by atoms with Crippen molar-refractivity contribution in [2.75, 3.05) is 7.05 Å². The van der Waals surface area contributed by atoms with Crippen LogP contribution in [-0.4, -0.2) is 29.8 Å².